The second-order valence-electron chi connectivity index (χ2n) is 3.52. The number of hydrogen-bond donors (Lipinski definition) is 2. The number of nitrogens with zero attached hydrogens (tertiary/aromatic N) is 2. The number of carbonyl (C=O) groups excluding carboxylic acids is 1. The molecule has 0 radical (unpaired) electrons. The minimum atomic E-state index is -1.02. The van der Waals surface area contributed by atoms with Crippen LogP contribution >= 0.6 is 11.6 Å². The number of anilines is 2. The molecule has 0 aliphatic heterocycles. The normalized spacial score (nSPS) is 10.3. The van der Waals surface area contributed by atoms with Crippen LogP contribution in [0.2, 0.25) is 5.28 Å². The molecule has 0 atom stereocenters. The van der Waals surface area contributed by atoms with E-state index in [9.17, 15) is 13.6 Å². The number of hydrogen-bond acceptors (Lipinski definition) is 4. The number of nitrogens with two attached hydrogens (primary N) is 1. The molecule has 1 heterocycles. The molecule has 19 heavy (non-hydrogen) atoms. The maximum atomic E-state index is 13.4. The Balaban J connectivity index is 2.28. The Morgan fingerprint density at radius 1 is 1.32 bits per heavy atom. The van der Waals surface area contributed by atoms with Gasteiger partial charge < -0.3 is 11.1 Å². The molecule has 2 rings (SSSR count). The maximum Gasteiger partial charge on any atom is 0.259 e. The largest absolute Gasteiger partial charge is 0.396 e. The number of aromatic nitrogens is 2. The van der Waals surface area contributed by atoms with Crippen LogP contribution in [0.3, 0.4) is 0 Å². The van der Waals surface area contributed by atoms with E-state index in [4.69, 9.17) is 17.3 Å². The SMILES string of the molecule is Nc1cc(C(=O)Nc2ccnc(Cl)n2)c(F)cc1F. The van der Waals surface area contributed by atoms with Crippen molar-refractivity contribution >= 4 is 29.0 Å². The minimum absolute atomic E-state index is 0.0723. The van der Waals surface area contributed by atoms with Gasteiger partial charge in [0.05, 0.1) is 11.3 Å². The highest BCUT2D eigenvalue weighted by Crippen LogP contribution is 2.18. The molecule has 0 saturated carbocycles. The summed E-state index contributed by atoms with van der Waals surface area (Å²) < 4.78 is 26.4. The van der Waals surface area contributed by atoms with Crippen molar-refractivity contribution in [2.24, 2.45) is 0 Å². The van der Waals surface area contributed by atoms with Gasteiger partial charge in [0.2, 0.25) is 5.28 Å². The van der Waals surface area contributed by atoms with Crippen LogP contribution in [-0.4, -0.2) is 15.9 Å². The molecule has 0 unspecified atom stereocenters. The first kappa shape index (κ1) is 13.2. The Morgan fingerprint density at radius 3 is 2.74 bits per heavy atom. The van der Waals surface area contributed by atoms with Gasteiger partial charge in [0.25, 0.3) is 5.91 Å². The van der Waals surface area contributed by atoms with Crippen LogP contribution < -0.4 is 11.1 Å². The van der Waals surface area contributed by atoms with Crippen LogP contribution in [0.15, 0.2) is 24.4 Å². The Morgan fingerprint density at radius 2 is 2.05 bits per heavy atom. The van der Waals surface area contributed by atoms with Crippen molar-refractivity contribution in [1.29, 1.82) is 0 Å². The Kier molecular flexibility index (Phi) is 3.57. The molecule has 1 aromatic carbocycles. The van der Waals surface area contributed by atoms with Gasteiger partial charge in [-0.05, 0) is 23.7 Å². The van der Waals surface area contributed by atoms with Crippen molar-refractivity contribution in [3.63, 3.8) is 0 Å². The van der Waals surface area contributed by atoms with Crippen LogP contribution in [0.25, 0.3) is 0 Å². The third-order valence-electron chi connectivity index (χ3n) is 2.20. The second-order valence-corrected chi connectivity index (χ2v) is 3.86. The summed E-state index contributed by atoms with van der Waals surface area (Å²) in [6.45, 7) is 0. The van der Waals surface area contributed by atoms with Crippen molar-refractivity contribution < 1.29 is 13.6 Å². The number of carbonyl (C=O) groups is 1. The lowest BCUT2D eigenvalue weighted by Crippen LogP contribution is -2.15. The number of nitrogens with one attached hydrogen (secondary N) is 1. The van der Waals surface area contributed by atoms with Crippen molar-refractivity contribution in [1.82, 2.24) is 9.97 Å². The van der Waals surface area contributed by atoms with Gasteiger partial charge >= 0.3 is 0 Å². The number of nitrogen functional groups attached to an aromatic ring is 1. The summed E-state index contributed by atoms with van der Waals surface area (Å²) in [6, 6.07) is 2.81. The molecule has 0 spiro atoms. The van der Waals surface area contributed by atoms with Gasteiger partial charge in [-0.15, -0.1) is 0 Å². The van der Waals surface area contributed by atoms with E-state index < -0.39 is 23.1 Å². The molecule has 8 heteroatoms. The average molecular weight is 285 g/mol. The average Bonchev–Trinajstić information content (AvgIpc) is 2.33. The molecule has 98 valence electrons. The van der Waals surface area contributed by atoms with Gasteiger partial charge in [-0.2, -0.15) is 0 Å². The molecule has 0 bridgehead atoms. The number of benzene rings is 1. The van der Waals surface area contributed by atoms with Gasteiger partial charge in [0, 0.05) is 12.3 Å². The zero-order valence-corrected chi connectivity index (χ0v) is 10.1. The minimum Gasteiger partial charge on any atom is -0.396 e. The van der Waals surface area contributed by atoms with Crippen molar-refractivity contribution in [2.45, 2.75) is 0 Å². The number of rotatable bonds is 2. The standard InChI is InChI=1S/C11H7ClF2N4O/c12-11-16-2-1-9(18-11)17-10(19)5-3-8(15)7(14)4-6(5)13/h1-4H,15H2,(H,16,17,18,19). The highest BCUT2D eigenvalue weighted by molar-refractivity contribution is 6.28. The van der Waals surface area contributed by atoms with E-state index >= 15 is 0 Å². The first-order valence-corrected chi connectivity index (χ1v) is 5.39. The maximum absolute atomic E-state index is 13.4. The van der Waals surface area contributed by atoms with E-state index in [1.807, 2.05) is 0 Å². The zero-order chi connectivity index (χ0) is 14.0. The van der Waals surface area contributed by atoms with Crippen LogP contribution in [0.4, 0.5) is 20.3 Å². The van der Waals surface area contributed by atoms with Crippen LogP contribution in [-0.2, 0) is 0 Å². The molecule has 1 amide bonds. The van der Waals surface area contributed by atoms with Gasteiger partial charge in [-0.1, -0.05) is 0 Å². The summed E-state index contributed by atoms with van der Waals surface area (Å²) in [4.78, 5) is 19.1. The van der Waals surface area contributed by atoms with Gasteiger partial charge in [-0.25, -0.2) is 18.7 Å². The lowest BCUT2D eigenvalue weighted by molar-refractivity contribution is 0.102. The predicted molar refractivity (Wildman–Crippen MR) is 65.8 cm³/mol. The topological polar surface area (TPSA) is 80.9 Å². The fraction of sp³-hybridized carbons (Fsp3) is 0. The fourth-order valence-corrected chi connectivity index (χ4v) is 1.48. The predicted octanol–water partition coefficient (Wildman–Crippen LogP) is 2.24. The third-order valence-corrected chi connectivity index (χ3v) is 2.38. The van der Waals surface area contributed by atoms with Crippen LogP contribution in [0.5, 0.6) is 0 Å². The van der Waals surface area contributed by atoms with E-state index in [2.05, 4.69) is 15.3 Å². The molecule has 0 saturated heterocycles. The lowest BCUT2D eigenvalue weighted by Gasteiger charge is -2.06. The van der Waals surface area contributed by atoms with Crippen molar-refractivity contribution in [3.05, 3.63) is 46.9 Å². The summed E-state index contributed by atoms with van der Waals surface area (Å²) in [7, 11) is 0. The molecule has 0 aliphatic carbocycles. The Bertz CT molecular complexity index is 651. The van der Waals surface area contributed by atoms with E-state index in [1.54, 1.807) is 0 Å². The Labute approximate surface area is 111 Å². The third kappa shape index (κ3) is 2.94. The summed E-state index contributed by atoms with van der Waals surface area (Å²) in [5, 5.41) is 2.22. The molecule has 5 nitrogen and oxygen atoms in total. The van der Waals surface area contributed by atoms with E-state index in [0.717, 1.165) is 6.07 Å². The molecule has 1 aromatic heterocycles. The number of amides is 1. The van der Waals surface area contributed by atoms with E-state index in [0.29, 0.717) is 6.07 Å². The van der Waals surface area contributed by atoms with Gasteiger partial charge in [0.15, 0.2) is 0 Å². The summed E-state index contributed by atoms with van der Waals surface area (Å²) >= 11 is 5.53. The van der Waals surface area contributed by atoms with Crippen LogP contribution in [0.1, 0.15) is 10.4 Å². The molecular formula is C11H7ClF2N4O. The zero-order valence-electron chi connectivity index (χ0n) is 9.32. The molecule has 2 aromatic rings. The van der Waals surface area contributed by atoms with Crippen LogP contribution in [0, 0.1) is 11.6 Å². The highest BCUT2D eigenvalue weighted by Gasteiger charge is 2.15. The summed E-state index contributed by atoms with van der Waals surface area (Å²) in [5.74, 6) is -2.69. The summed E-state index contributed by atoms with van der Waals surface area (Å²) in [5.41, 5.74) is 4.56. The molecule has 0 fully saturated rings. The number of halogens is 3. The molecule has 3 N–H and O–H groups in total. The second kappa shape index (κ2) is 5.15. The summed E-state index contributed by atoms with van der Waals surface area (Å²) in [6.07, 6.45) is 1.32. The van der Waals surface area contributed by atoms with E-state index in [-0.39, 0.29) is 16.8 Å². The molecule has 0 aliphatic rings. The van der Waals surface area contributed by atoms with Crippen molar-refractivity contribution in [3.8, 4) is 0 Å². The van der Waals surface area contributed by atoms with E-state index in [1.165, 1.54) is 12.3 Å². The van der Waals surface area contributed by atoms with Gasteiger partial charge in [-0.3, -0.25) is 4.79 Å². The van der Waals surface area contributed by atoms with Gasteiger partial charge in [0.1, 0.15) is 17.5 Å². The fourth-order valence-electron chi connectivity index (χ4n) is 1.33. The quantitative estimate of drug-likeness (QED) is 0.654. The smallest absolute Gasteiger partial charge is 0.259 e. The Hall–Kier alpha value is -2.28. The first-order valence-electron chi connectivity index (χ1n) is 5.02. The monoisotopic (exact) mass is 284 g/mol. The molecular weight excluding hydrogens is 278 g/mol. The van der Waals surface area contributed by atoms with Crippen molar-refractivity contribution in [2.75, 3.05) is 11.1 Å². The first-order chi connectivity index (χ1) is 8.97. The highest BCUT2D eigenvalue weighted by atomic mass is 35.5. The lowest BCUT2D eigenvalue weighted by atomic mass is 10.1.